The molecule has 2 N–H and O–H groups in total. The van der Waals surface area contributed by atoms with Gasteiger partial charge in [0, 0.05) is 6.04 Å². The summed E-state index contributed by atoms with van der Waals surface area (Å²) in [6, 6.07) is 1.77. The third kappa shape index (κ3) is 2.91. The molecule has 0 saturated heterocycles. The molecule has 5 nitrogen and oxygen atoms in total. The molecule has 2 rings (SSSR count). The zero-order valence-electron chi connectivity index (χ0n) is 11.9. The number of nitrogens with zero attached hydrogens (tertiary/aromatic N) is 2. The van der Waals surface area contributed by atoms with Crippen LogP contribution in [0.1, 0.15) is 41.7 Å². The van der Waals surface area contributed by atoms with E-state index >= 15 is 0 Å². The Morgan fingerprint density at radius 3 is 2.95 bits per heavy atom. The molecule has 20 heavy (non-hydrogen) atoms. The number of esters is 1. The summed E-state index contributed by atoms with van der Waals surface area (Å²) in [6.07, 6.45) is 4.30. The number of carbonyl (C=O) groups excluding carboxylic acids is 1. The standard InChI is InChI=1S/C14H19N3O2S/c1-9(2)6-10(15)12-7-16-8-17(12)11-4-5-20-13(11)14(18)19-3/h4-5,7-10H,6,15H2,1-3H3. The molecule has 0 fully saturated rings. The predicted octanol–water partition coefficient (Wildman–Crippen LogP) is 2.77. The molecule has 2 aromatic heterocycles. The molecular formula is C14H19N3O2S. The van der Waals surface area contributed by atoms with E-state index in [0.29, 0.717) is 10.8 Å². The van der Waals surface area contributed by atoms with E-state index in [4.69, 9.17) is 10.5 Å². The Balaban J connectivity index is 2.38. The van der Waals surface area contributed by atoms with Crippen LogP contribution >= 0.6 is 11.3 Å². The first kappa shape index (κ1) is 14.7. The van der Waals surface area contributed by atoms with Gasteiger partial charge >= 0.3 is 5.97 Å². The van der Waals surface area contributed by atoms with Gasteiger partial charge in [-0.15, -0.1) is 11.3 Å². The molecule has 0 radical (unpaired) electrons. The van der Waals surface area contributed by atoms with Gasteiger partial charge in [0.15, 0.2) is 0 Å². The largest absolute Gasteiger partial charge is 0.465 e. The number of carbonyl (C=O) groups is 1. The van der Waals surface area contributed by atoms with E-state index in [1.807, 2.05) is 16.0 Å². The first-order valence-corrected chi connectivity index (χ1v) is 7.36. The summed E-state index contributed by atoms with van der Waals surface area (Å²) in [6.45, 7) is 4.26. The van der Waals surface area contributed by atoms with E-state index in [2.05, 4.69) is 18.8 Å². The highest BCUT2D eigenvalue weighted by Gasteiger charge is 2.20. The van der Waals surface area contributed by atoms with Crippen LogP contribution in [0.15, 0.2) is 24.0 Å². The summed E-state index contributed by atoms with van der Waals surface area (Å²) < 4.78 is 6.68. The van der Waals surface area contributed by atoms with Crippen LogP contribution in [0.5, 0.6) is 0 Å². The van der Waals surface area contributed by atoms with Gasteiger partial charge in [0.05, 0.1) is 31.0 Å². The second-order valence-electron chi connectivity index (χ2n) is 5.05. The fraction of sp³-hybridized carbons (Fsp3) is 0.429. The smallest absolute Gasteiger partial charge is 0.350 e. The van der Waals surface area contributed by atoms with Gasteiger partial charge in [-0.25, -0.2) is 9.78 Å². The first-order valence-electron chi connectivity index (χ1n) is 6.48. The Kier molecular flexibility index (Phi) is 4.57. The third-order valence-corrected chi connectivity index (χ3v) is 3.93. The Bertz CT molecular complexity index is 589. The van der Waals surface area contributed by atoms with Crippen LogP contribution in [0.2, 0.25) is 0 Å². The molecule has 108 valence electrons. The lowest BCUT2D eigenvalue weighted by Gasteiger charge is -2.16. The van der Waals surface area contributed by atoms with E-state index in [1.165, 1.54) is 18.4 Å². The monoisotopic (exact) mass is 293 g/mol. The number of thiophene rings is 1. The van der Waals surface area contributed by atoms with Gasteiger partial charge in [-0.1, -0.05) is 13.8 Å². The Hall–Kier alpha value is -1.66. The van der Waals surface area contributed by atoms with E-state index in [1.54, 1.807) is 12.5 Å². The van der Waals surface area contributed by atoms with E-state index in [-0.39, 0.29) is 12.0 Å². The van der Waals surface area contributed by atoms with Crippen molar-refractivity contribution in [2.24, 2.45) is 11.7 Å². The van der Waals surface area contributed by atoms with Crippen LogP contribution < -0.4 is 5.73 Å². The van der Waals surface area contributed by atoms with Crippen molar-refractivity contribution in [3.05, 3.63) is 34.5 Å². The minimum Gasteiger partial charge on any atom is -0.465 e. The van der Waals surface area contributed by atoms with Gasteiger partial charge in [-0.2, -0.15) is 0 Å². The quantitative estimate of drug-likeness (QED) is 0.861. The summed E-state index contributed by atoms with van der Waals surface area (Å²) >= 11 is 1.35. The number of hydrogen-bond acceptors (Lipinski definition) is 5. The summed E-state index contributed by atoms with van der Waals surface area (Å²) in [5.74, 6) is 0.156. The average Bonchev–Trinajstić information content (AvgIpc) is 3.04. The van der Waals surface area contributed by atoms with E-state index in [9.17, 15) is 4.79 Å². The normalized spacial score (nSPS) is 12.7. The molecule has 6 heteroatoms. The van der Waals surface area contributed by atoms with Gasteiger partial charge in [0.2, 0.25) is 0 Å². The summed E-state index contributed by atoms with van der Waals surface area (Å²) in [7, 11) is 1.38. The van der Waals surface area contributed by atoms with Gasteiger partial charge in [-0.3, -0.25) is 4.57 Å². The molecular weight excluding hydrogens is 274 g/mol. The number of ether oxygens (including phenoxy) is 1. The highest BCUT2D eigenvalue weighted by Crippen LogP contribution is 2.27. The lowest BCUT2D eigenvalue weighted by atomic mass is 10.0. The van der Waals surface area contributed by atoms with Crippen molar-refractivity contribution in [2.45, 2.75) is 26.3 Å². The van der Waals surface area contributed by atoms with Crippen LogP contribution in [-0.2, 0) is 4.74 Å². The Labute approximate surface area is 122 Å². The molecule has 0 aliphatic carbocycles. The molecule has 0 aliphatic rings. The molecule has 1 unspecified atom stereocenters. The van der Waals surface area contributed by atoms with Gasteiger partial charge in [0.1, 0.15) is 4.88 Å². The zero-order valence-corrected chi connectivity index (χ0v) is 12.7. The van der Waals surface area contributed by atoms with E-state index < -0.39 is 0 Å². The summed E-state index contributed by atoms with van der Waals surface area (Å²) in [5, 5.41) is 1.86. The van der Waals surface area contributed by atoms with Gasteiger partial charge in [0.25, 0.3) is 0 Å². The lowest BCUT2D eigenvalue weighted by Crippen LogP contribution is -2.17. The van der Waals surface area contributed by atoms with Crippen molar-refractivity contribution in [2.75, 3.05) is 7.11 Å². The number of aromatic nitrogens is 2. The number of rotatable bonds is 5. The van der Waals surface area contributed by atoms with Crippen LogP contribution in [0, 0.1) is 5.92 Å². The zero-order chi connectivity index (χ0) is 14.7. The maximum absolute atomic E-state index is 11.8. The lowest BCUT2D eigenvalue weighted by molar-refractivity contribution is 0.0606. The van der Waals surface area contributed by atoms with Crippen LogP contribution in [0.25, 0.3) is 5.69 Å². The van der Waals surface area contributed by atoms with Crippen molar-refractivity contribution < 1.29 is 9.53 Å². The summed E-state index contributed by atoms with van der Waals surface area (Å²) in [4.78, 5) is 16.5. The van der Waals surface area contributed by atoms with Gasteiger partial charge < -0.3 is 10.5 Å². The molecule has 1 atom stereocenters. The van der Waals surface area contributed by atoms with Crippen molar-refractivity contribution in [3.63, 3.8) is 0 Å². The Morgan fingerprint density at radius 1 is 1.55 bits per heavy atom. The SMILES string of the molecule is COC(=O)c1sccc1-n1cncc1C(N)CC(C)C. The first-order chi connectivity index (χ1) is 9.54. The minimum absolute atomic E-state index is 0.108. The second kappa shape index (κ2) is 6.19. The van der Waals surface area contributed by atoms with Crippen LogP contribution in [0.3, 0.4) is 0 Å². The van der Waals surface area contributed by atoms with Gasteiger partial charge in [-0.05, 0) is 23.8 Å². The molecule has 0 spiro atoms. The van der Waals surface area contributed by atoms with Crippen molar-refractivity contribution in [1.82, 2.24) is 9.55 Å². The molecule has 0 bridgehead atoms. The molecule has 0 saturated carbocycles. The Morgan fingerprint density at radius 2 is 2.30 bits per heavy atom. The van der Waals surface area contributed by atoms with Crippen molar-refractivity contribution in [1.29, 1.82) is 0 Å². The molecule has 0 aliphatic heterocycles. The highest BCUT2D eigenvalue weighted by molar-refractivity contribution is 7.12. The average molecular weight is 293 g/mol. The predicted molar refractivity (Wildman–Crippen MR) is 79.2 cm³/mol. The maximum Gasteiger partial charge on any atom is 0.350 e. The molecule has 0 aromatic carbocycles. The van der Waals surface area contributed by atoms with Crippen LogP contribution in [-0.4, -0.2) is 22.6 Å². The van der Waals surface area contributed by atoms with Crippen LogP contribution in [0.4, 0.5) is 0 Å². The maximum atomic E-state index is 11.8. The van der Waals surface area contributed by atoms with Crippen molar-refractivity contribution in [3.8, 4) is 5.69 Å². The van der Waals surface area contributed by atoms with E-state index in [0.717, 1.165) is 17.8 Å². The second-order valence-corrected chi connectivity index (χ2v) is 5.97. The minimum atomic E-state index is -0.341. The summed E-state index contributed by atoms with van der Waals surface area (Å²) in [5.41, 5.74) is 7.91. The molecule has 2 heterocycles. The fourth-order valence-corrected chi connectivity index (χ4v) is 2.95. The topological polar surface area (TPSA) is 70.1 Å². The number of imidazole rings is 1. The fourth-order valence-electron chi connectivity index (χ4n) is 2.15. The highest BCUT2D eigenvalue weighted by atomic mass is 32.1. The molecule has 2 aromatic rings. The van der Waals surface area contributed by atoms with Crippen molar-refractivity contribution >= 4 is 17.3 Å². The molecule has 0 amide bonds. The number of hydrogen-bond donors (Lipinski definition) is 1. The number of nitrogens with two attached hydrogens (primary N) is 1. The number of methoxy groups -OCH3 is 1. The third-order valence-electron chi connectivity index (χ3n) is 3.05.